The maximum Gasteiger partial charge on any atom is 0.335 e. The predicted octanol–water partition coefficient (Wildman–Crippen LogP) is 2.75. The number of hydrogen-bond donors (Lipinski definition) is 2. The molecule has 0 aliphatic carbocycles. The second kappa shape index (κ2) is 6.45. The molecule has 1 atom stereocenters. The molecule has 0 spiro atoms. The Morgan fingerprint density at radius 2 is 2.19 bits per heavy atom. The molecular weight excluding hydrogens is 233 g/mol. The number of benzene rings is 1. The molecule has 0 heterocycles. The number of carboxylic acids is 1. The smallest absolute Gasteiger partial charge is 0.335 e. The van der Waals surface area contributed by atoms with Crippen molar-refractivity contribution in [2.24, 2.45) is 5.73 Å². The number of carbonyl (C=O) groups is 1. The average Bonchev–Trinajstić information content (AvgIpc) is 2.18. The first-order chi connectivity index (χ1) is 7.06. The van der Waals surface area contributed by atoms with E-state index in [9.17, 15) is 9.18 Å². The first-order valence-corrected chi connectivity index (χ1v) is 4.84. The highest BCUT2D eigenvalue weighted by atomic mass is 35.5. The third-order valence-corrected chi connectivity index (χ3v) is 2.24. The quantitative estimate of drug-likeness (QED) is 0.860. The van der Waals surface area contributed by atoms with E-state index in [-0.39, 0.29) is 23.5 Å². The predicted molar refractivity (Wildman–Crippen MR) is 62.4 cm³/mol. The van der Waals surface area contributed by atoms with Gasteiger partial charge in [-0.2, -0.15) is 0 Å². The molecule has 0 aromatic heterocycles. The number of aromatic carboxylic acids is 1. The molecule has 0 saturated carbocycles. The van der Waals surface area contributed by atoms with Gasteiger partial charge in [-0.05, 0) is 24.6 Å². The van der Waals surface area contributed by atoms with Crippen LogP contribution in [-0.2, 0) is 0 Å². The summed E-state index contributed by atoms with van der Waals surface area (Å²) in [6.45, 7) is 1.94. The van der Waals surface area contributed by atoms with Crippen LogP contribution in [0, 0.1) is 5.82 Å². The van der Waals surface area contributed by atoms with E-state index in [0.29, 0.717) is 6.42 Å². The Balaban J connectivity index is 0.00000225. The van der Waals surface area contributed by atoms with Crippen molar-refractivity contribution in [2.75, 3.05) is 0 Å². The lowest BCUT2D eigenvalue weighted by Gasteiger charge is -2.12. The van der Waals surface area contributed by atoms with E-state index in [2.05, 4.69) is 0 Å². The Hall–Kier alpha value is -1.13. The highest BCUT2D eigenvalue weighted by Crippen LogP contribution is 2.20. The Morgan fingerprint density at radius 3 is 2.69 bits per heavy atom. The van der Waals surface area contributed by atoms with E-state index in [1.807, 2.05) is 6.92 Å². The summed E-state index contributed by atoms with van der Waals surface area (Å²) in [6, 6.07) is 3.25. The lowest BCUT2D eigenvalue weighted by molar-refractivity contribution is 0.0696. The van der Waals surface area contributed by atoms with Crippen molar-refractivity contribution in [3.8, 4) is 0 Å². The maximum atomic E-state index is 13.3. The van der Waals surface area contributed by atoms with Crippen LogP contribution >= 0.6 is 12.4 Å². The number of halogens is 2. The minimum absolute atomic E-state index is 0. The van der Waals surface area contributed by atoms with Gasteiger partial charge in [0.2, 0.25) is 0 Å². The third-order valence-electron chi connectivity index (χ3n) is 2.24. The van der Waals surface area contributed by atoms with Crippen molar-refractivity contribution >= 4 is 18.4 Å². The number of nitrogens with two attached hydrogens (primary N) is 1. The summed E-state index contributed by atoms with van der Waals surface area (Å²) in [5.74, 6) is -1.51. The second-order valence-corrected chi connectivity index (χ2v) is 3.44. The van der Waals surface area contributed by atoms with Crippen molar-refractivity contribution in [1.29, 1.82) is 0 Å². The van der Waals surface area contributed by atoms with Crippen molar-refractivity contribution in [1.82, 2.24) is 0 Å². The van der Waals surface area contributed by atoms with Crippen molar-refractivity contribution in [3.63, 3.8) is 0 Å². The largest absolute Gasteiger partial charge is 0.478 e. The van der Waals surface area contributed by atoms with Crippen molar-refractivity contribution in [3.05, 3.63) is 35.1 Å². The van der Waals surface area contributed by atoms with Gasteiger partial charge in [0.25, 0.3) is 0 Å². The lowest BCUT2D eigenvalue weighted by atomic mass is 10.0. The third kappa shape index (κ3) is 3.47. The van der Waals surface area contributed by atoms with Crippen LogP contribution in [0.1, 0.15) is 41.7 Å². The van der Waals surface area contributed by atoms with Gasteiger partial charge in [-0.25, -0.2) is 9.18 Å². The van der Waals surface area contributed by atoms with Crippen LogP contribution < -0.4 is 5.73 Å². The molecule has 0 unspecified atom stereocenters. The van der Waals surface area contributed by atoms with Gasteiger partial charge in [-0.3, -0.25) is 0 Å². The van der Waals surface area contributed by atoms with E-state index in [1.165, 1.54) is 12.1 Å². The lowest BCUT2D eigenvalue weighted by Crippen LogP contribution is -2.13. The summed E-state index contributed by atoms with van der Waals surface area (Å²) in [5, 5.41) is 8.75. The summed E-state index contributed by atoms with van der Waals surface area (Å²) in [6.07, 6.45) is 1.47. The molecule has 5 heteroatoms. The molecular formula is C11H15ClFNO2. The number of hydrogen-bond acceptors (Lipinski definition) is 2. The van der Waals surface area contributed by atoms with E-state index in [0.717, 1.165) is 12.5 Å². The number of rotatable bonds is 4. The van der Waals surface area contributed by atoms with Gasteiger partial charge in [0.05, 0.1) is 5.56 Å². The van der Waals surface area contributed by atoms with E-state index >= 15 is 0 Å². The van der Waals surface area contributed by atoms with Gasteiger partial charge >= 0.3 is 5.97 Å². The standard InChI is InChI=1S/C11H14FNO2.ClH/c1-2-3-10(13)8-6-7(11(14)15)4-5-9(8)12;/h4-6,10H,2-3,13H2,1H3,(H,14,15);1H/t10-;/m1./s1. The molecule has 0 bridgehead atoms. The Bertz CT molecular complexity index is 371. The summed E-state index contributed by atoms with van der Waals surface area (Å²) in [4.78, 5) is 10.7. The Morgan fingerprint density at radius 1 is 1.56 bits per heavy atom. The highest BCUT2D eigenvalue weighted by molar-refractivity contribution is 5.87. The van der Waals surface area contributed by atoms with Crippen LogP contribution in [-0.4, -0.2) is 11.1 Å². The molecule has 0 aliphatic heterocycles. The zero-order valence-corrected chi connectivity index (χ0v) is 9.76. The van der Waals surface area contributed by atoms with Gasteiger partial charge < -0.3 is 10.8 Å². The minimum Gasteiger partial charge on any atom is -0.478 e. The van der Waals surface area contributed by atoms with Crippen LogP contribution in [0.25, 0.3) is 0 Å². The summed E-state index contributed by atoms with van der Waals surface area (Å²) < 4.78 is 13.3. The monoisotopic (exact) mass is 247 g/mol. The van der Waals surface area contributed by atoms with Gasteiger partial charge in [-0.15, -0.1) is 12.4 Å². The molecule has 90 valence electrons. The van der Waals surface area contributed by atoms with Gasteiger partial charge in [-0.1, -0.05) is 13.3 Å². The first kappa shape index (κ1) is 14.9. The minimum atomic E-state index is -1.07. The summed E-state index contributed by atoms with van der Waals surface area (Å²) in [7, 11) is 0. The SMILES string of the molecule is CCC[C@@H](N)c1cc(C(=O)O)ccc1F.Cl. The molecule has 1 rings (SSSR count). The van der Waals surface area contributed by atoms with E-state index in [1.54, 1.807) is 0 Å². The normalized spacial score (nSPS) is 11.7. The molecule has 1 aromatic carbocycles. The highest BCUT2D eigenvalue weighted by Gasteiger charge is 2.13. The van der Waals surface area contributed by atoms with Crippen molar-refractivity contribution in [2.45, 2.75) is 25.8 Å². The fraction of sp³-hybridized carbons (Fsp3) is 0.364. The number of carboxylic acid groups (broad SMARTS) is 1. The molecule has 0 radical (unpaired) electrons. The van der Waals surface area contributed by atoms with Gasteiger partial charge in [0, 0.05) is 11.6 Å². The molecule has 3 N–H and O–H groups in total. The van der Waals surface area contributed by atoms with Gasteiger partial charge in [0.1, 0.15) is 5.82 Å². The van der Waals surface area contributed by atoms with Crippen LogP contribution in [0.3, 0.4) is 0 Å². The molecule has 3 nitrogen and oxygen atoms in total. The molecule has 0 aliphatic rings. The van der Waals surface area contributed by atoms with Crippen LogP contribution in [0.2, 0.25) is 0 Å². The van der Waals surface area contributed by atoms with Crippen LogP contribution in [0.5, 0.6) is 0 Å². The summed E-state index contributed by atoms with van der Waals surface area (Å²) in [5.41, 5.74) is 6.08. The molecule has 16 heavy (non-hydrogen) atoms. The average molecular weight is 248 g/mol. The Labute approximate surface area is 99.9 Å². The van der Waals surface area contributed by atoms with Gasteiger partial charge in [0.15, 0.2) is 0 Å². The first-order valence-electron chi connectivity index (χ1n) is 4.84. The Kier molecular flexibility index (Phi) is 6.00. The van der Waals surface area contributed by atoms with Crippen LogP contribution in [0.4, 0.5) is 4.39 Å². The van der Waals surface area contributed by atoms with Crippen LogP contribution in [0.15, 0.2) is 18.2 Å². The zero-order valence-electron chi connectivity index (χ0n) is 8.94. The maximum absolute atomic E-state index is 13.3. The van der Waals surface area contributed by atoms with Crippen molar-refractivity contribution < 1.29 is 14.3 Å². The fourth-order valence-electron chi connectivity index (χ4n) is 1.43. The van der Waals surface area contributed by atoms with E-state index < -0.39 is 17.8 Å². The topological polar surface area (TPSA) is 63.3 Å². The summed E-state index contributed by atoms with van der Waals surface area (Å²) >= 11 is 0. The zero-order chi connectivity index (χ0) is 11.4. The molecule has 0 fully saturated rings. The second-order valence-electron chi connectivity index (χ2n) is 3.44. The molecule has 1 aromatic rings. The fourth-order valence-corrected chi connectivity index (χ4v) is 1.43. The molecule has 0 amide bonds. The van der Waals surface area contributed by atoms with E-state index in [4.69, 9.17) is 10.8 Å². The molecule has 0 saturated heterocycles.